The molecule has 2 atom stereocenters. The van der Waals surface area contributed by atoms with Crippen molar-refractivity contribution >= 4 is 51.2 Å². The fourth-order valence-corrected chi connectivity index (χ4v) is 9.84. The van der Waals surface area contributed by atoms with Crippen molar-refractivity contribution in [2.24, 2.45) is 0 Å². The number of benzene rings is 4. The summed E-state index contributed by atoms with van der Waals surface area (Å²) < 4.78 is 43.9. The fourth-order valence-electron chi connectivity index (χ4n) is 8.94. The van der Waals surface area contributed by atoms with Crippen LogP contribution in [0.3, 0.4) is 0 Å². The number of carboxylic acid groups (broad SMARTS) is 2. The number of fused-ring (bicyclic) bond motifs is 2. The van der Waals surface area contributed by atoms with Gasteiger partial charge in [0.25, 0.3) is 0 Å². The van der Waals surface area contributed by atoms with E-state index in [-0.39, 0.29) is 17.7 Å². The second-order valence-electron chi connectivity index (χ2n) is 16.4. The van der Waals surface area contributed by atoms with Crippen molar-refractivity contribution in [3.05, 3.63) is 155 Å². The molecule has 2 aliphatic heterocycles. The van der Waals surface area contributed by atoms with Gasteiger partial charge >= 0.3 is 11.9 Å². The van der Waals surface area contributed by atoms with Crippen molar-refractivity contribution < 1.29 is 52.0 Å². The molecule has 332 valence electrons. The lowest BCUT2D eigenvalue weighted by Gasteiger charge is -2.30. The topological polar surface area (TPSA) is 180 Å². The van der Waals surface area contributed by atoms with Crippen molar-refractivity contribution in [3.8, 4) is 0 Å². The number of unbranched alkanes of at least 4 members (excludes halogenated alkanes) is 4. The van der Waals surface area contributed by atoms with Crippen LogP contribution >= 0.6 is 12.0 Å². The second kappa shape index (κ2) is 21.3. The Labute approximate surface area is 373 Å². The zero-order chi connectivity index (χ0) is 45.0. The van der Waals surface area contributed by atoms with Gasteiger partial charge in [0.15, 0.2) is 12.3 Å². The minimum absolute atomic E-state index is 0.0609. The van der Waals surface area contributed by atoms with Crippen LogP contribution in [-0.4, -0.2) is 45.4 Å². The molecule has 4 aromatic carbocycles. The molecule has 0 aromatic heterocycles. The number of carbonyl (C=O) groups is 2. The van der Waals surface area contributed by atoms with E-state index in [1.165, 1.54) is 12.1 Å². The van der Waals surface area contributed by atoms with Gasteiger partial charge in [0.2, 0.25) is 5.69 Å². The molecule has 0 aliphatic carbocycles. The molecule has 0 saturated heterocycles. The van der Waals surface area contributed by atoms with Gasteiger partial charge in [0.05, 0.1) is 22.4 Å². The number of allylic oxidation sites excluding steroid dienone is 6. The standard InChI is InChI=1S/C49H54N2O10S2/c1-48(30-16-6-14-24-46(52)53)40-32-38(62-61-60-56)26-28-42(40)50(34-36-18-8-3-9-19-36)44(48)22-12-5-13-23-45-49(2,31-17-7-15-25-47(54)55)41-33-39(63(57,58)59)27-29-43(41)51(45)35-37-20-10-4-11-21-37/h3-5,8-13,18-23,26-29,32-33H,6-7,14-17,24-25,30-31,34-35H2,1-2H3,(H3-,52,53,54,55,56,57,58,59)/p-1/t48-,49?/m1/s1. The van der Waals surface area contributed by atoms with E-state index in [9.17, 15) is 38.0 Å². The molecular weight excluding hydrogens is 841 g/mol. The second-order valence-corrected chi connectivity index (χ2v) is 18.6. The fraction of sp³-hybridized carbons (Fsp3) is 0.327. The van der Waals surface area contributed by atoms with Crippen LogP contribution in [0.25, 0.3) is 0 Å². The van der Waals surface area contributed by atoms with Crippen molar-refractivity contribution in [2.45, 2.75) is 112 Å². The number of nitrogens with zero attached hydrogens (tertiary/aromatic N) is 2. The predicted octanol–water partition coefficient (Wildman–Crippen LogP) is 9.42. The molecule has 0 spiro atoms. The van der Waals surface area contributed by atoms with E-state index in [0.29, 0.717) is 50.1 Å². The van der Waals surface area contributed by atoms with Gasteiger partial charge in [-0.05, 0) is 87.1 Å². The molecule has 4 aromatic rings. The first-order valence-electron chi connectivity index (χ1n) is 21.1. The SMILES string of the molecule is CC1(CCCCCC(=O)O)C(=CC=CC=CC2=[N+](Cc3ccccc3)c3ccc(SOO[O-])cc3[C@@]2(C)CCCCCC(=O)O)N(Cc2ccccc2)c2ccc(S(=O)(=O)[O-])cc21. The monoisotopic (exact) mass is 893 g/mol. The maximum atomic E-state index is 12.3. The molecule has 0 bridgehead atoms. The van der Waals surface area contributed by atoms with Crippen LogP contribution in [0.1, 0.15) is 100 Å². The Bertz CT molecular complexity index is 2490. The Kier molecular flexibility index (Phi) is 16.0. The molecule has 12 nitrogen and oxygen atoms in total. The largest absolute Gasteiger partial charge is 0.744 e. The summed E-state index contributed by atoms with van der Waals surface area (Å²) in [5.74, 6) is -1.67. The Morgan fingerprint density at radius 2 is 1.40 bits per heavy atom. The number of anilines is 1. The van der Waals surface area contributed by atoms with Crippen molar-refractivity contribution in [1.29, 1.82) is 0 Å². The summed E-state index contributed by atoms with van der Waals surface area (Å²) in [6.07, 6.45) is 15.5. The van der Waals surface area contributed by atoms with Crippen molar-refractivity contribution in [3.63, 3.8) is 0 Å². The van der Waals surface area contributed by atoms with Gasteiger partial charge in [0.1, 0.15) is 10.1 Å². The number of hydrogen-bond donors (Lipinski definition) is 2. The first-order valence-corrected chi connectivity index (χ1v) is 23.3. The van der Waals surface area contributed by atoms with Gasteiger partial charge in [-0.15, -0.1) is 0 Å². The van der Waals surface area contributed by atoms with Crippen molar-refractivity contribution in [2.75, 3.05) is 4.90 Å². The third-order valence-corrected chi connectivity index (χ3v) is 13.5. The van der Waals surface area contributed by atoms with Gasteiger partial charge in [-0.3, -0.25) is 14.6 Å². The highest BCUT2D eigenvalue weighted by Crippen LogP contribution is 2.52. The van der Waals surface area contributed by atoms with E-state index in [0.717, 1.165) is 76.3 Å². The summed E-state index contributed by atoms with van der Waals surface area (Å²) in [7, 11) is -4.74. The van der Waals surface area contributed by atoms with Crippen molar-refractivity contribution in [1.82, 2.24) is 0 Å². The zero-order valence-corrected chi connectivity index (χ0v) is 37.1. The Balaban J connectivity index is 1.41. The van der Waals surface area contributed by atoms with E-state index in [1.807, 2.05) is 91.0 Å². The lowest BCUT2D eigenvalue weighted by Crippen LogP contribution is -2.31. The highest BCUT2D eigenvalue weighted by atomic mass is 32.2. The summed E-state index contributed by atoms with van der Waals surface area (Å²) in [5, 5.41) is 32.9. The Hall–Kier alpha value is -5.35. The van der Waals surface area contributed by atoms with Crippen LogP contribution in [0.2, 0.25) is 0 Å². The van der Waals surface area contributed by atoms with Gasteiger partial charge in [-0.25, -0.2) is 8.42 Å². The van der Waals surface area contributed by atoms with Crippen LogP contribution in [0.5, 0.6) is 0 Å². The molecule has 6 rings (SSSR count). The van der Waals surface area contributed by atoms with E-state index in [2.05, 4.69) is 46.6 Å². The third kappa shape index (κ3) is 11.6. The van der Waals surface area contributed by atoms with Crippen LogP contribution in [-0.2, 0) is 53.0 Å². The van der Waals surface area contributed by atoms with Crippen LogP contribution < -0.4 is 10.2 Å². The average molecular weight is 894 g/mol. The minimum atomic E-state index is -4.74. The maximum Gasteiger partial charge on any atom is 0.303 e. The molecule has 63 heavy (non-hydrogen) atoms. The first kappa shape index (κ1) is 47.1. The van der Waals surface area contributed by atoms with Crippen LogP contribution in [0.15, 0.2) is 143 Å². The summed E-state index contributed by atoms with van der Waals surface area (Å²) in [6.45, 7) is 5.32. The molecule has 0 saturated carbocycles. The number of hydrogen-bond acceptors (Lipinski definition) is 10. The number of rotatable bonds is 23. The average Bonchev–Trinajstić information content (AvgIpc) is 3.62. The molecule has 1 unspecified atom stereocenters. The predicted molar refractivity (Wildman–Crippen MR) is 239 cm³/mol. The highest BCUT2D eigenvalue weighted by Gasteiger charge is 2.48. The summed E-state index contributed by atoms with van der Waals surface area (Å²) >= 11 is 0.835. The normalized spacial score (nSPS) is 19.1. The quantitative estimate of drug-likeness (QED) is 0.0137. The first-order chi connectivity index (χ1) is 30.2. The van der Waals surface area contributed by atoms with E-state index in [4.69, 9.17) is 4.33 Å². The summed E-state index contributed by atoms with van der Waals surface area (Å²) in [5.41, 5.74) is 6.44. The molecule has 2 aliphatic rings. The van der Waals surface area contributed by atoms with Gasteiger partial charge in [-0.2, -0.15) is 8.91 Å². The van der Waals surface area contributed by atoms with Crippen LogP contribution in [0, 0.1) is 0 Å². The lowest BCUT2D eigenvalue weighted by molar-refractivity contribution is -0.777. The Morgan fingerprint density at radius 3 is 2.02 bits per heavy atom. The molecule has 0 fully saturated rings. The third-order valence-electron chi connectivity index (χ3n) is 12.1. The summed E-state index contributed by atoms with van der Waals surface area (Å²) in [6, 6.07) is 30.6. The number of aliphatic carboxylic acids is 2. The molecule has 14 heteroatoms. The molecule has 2 N–H and O–H groups in total. The highest BCUT2D eigenvalue weighted by molar-refractivity contribution is 7.94. The van der Waals surface area contributed by atoms with E-state index in [1.54, 1.807) is 6.07 Å². The van der Waals surface area contributed by atoms with Gasteiger partial charge in [0, 0.05) is 64.4 Å². The van der Waals surface area contributed by atoms with Gasteiger partial charge in [-0.1, -0.05) is 105 Å². The van der Waals surface area contributed by atoms with Crippen LogP contribution in [0.4, 0.5) is 11.4 Å². The van der Waals surface area contributed by atoms with Gasteiger partial charge < -0.3 is 24.9 Å². The molecule has 0 radical (unpaired) electrons. The summed E-state index contributed by atoms with van der Waals surface area (Å²) in [4.78, 5) is 25.1. The van der Waals surface area contributed by atoms with E-state index < -0.39 is 32.9 Å². The smallest absolute Gasteiger partial charge is 0.303 e. The Morgan fingerprint density at radius 1 is 0.762 bits per heavy atom. The minimum Gasteiger partial charge on any atom is -0.744 e. The molecular formula is C49H53N2O10S2-. The molecule has 2 heterocycles. The molecule has 0 amide bonds. The lowest BCUT2D eigenvalue weighted by atomic mass is 9.75. The number of carboxylic acids is 2. The maximum absolute atomic E-state index is 12.3. The van der Waals surface area contributed by atoms with E-state index >= 15 is 0 Å². The zero-order valence-electron chi connectivity index (χ0n) is 35.5.